The molecule has 122 valence electrons. The van der Waals surface area contributed by atoms with Gasteiger partial charge < -0.3 is 10.6 Å². The molecule has 0 bridgehead atoms. The number of aryl methyl sites for hydroxylation is 3. The van der Waals surface area contributed by atoms with E-state index in [-0.39, 0.29) is 0 Å². The van der Waals surface area contributed by atoms with Crippen LogP contribution in [-0.4, -0.2) is 16.0 Å². The zero-order valence-electron chi connectivity index (χ0n) is 14.3. The van der Waals surface area contributed by atoms with E-state index >= 15 is 0 Å². The first-order valence-electron chi connectivity index (χ1n) is 8.56. The first kappa shape index (κ1) is 15.8. The number of rotatable bonds is 4. The van der Waals surface area contributed by atoms with Gasteiger partial charge in [-0.3, -0.25) is 0 Å². The van der Waals surface area contributed by atoms with Gasteiger partial charge in [0.05, 0.1) is 0 Å². The van der Waals surface area contributed by atoms with Crippen molar-refractivity contribution >= 4 is 17.5 Å². The minimum atomic E-state index is 0.549. The largest absolute Gasteiger partial charge is 0.367 e. The fourth-order valence-corrected chi connectivity index (χ4v) is 3.10. The highest BCUT2D eigenvalue weighted by Crippen LogP contribution is 2.23. The summed E-state index contributed by atoms with van der Waals surface area (Å²) in [4.78, 5) is 9.15. The molecule has 1 aromatic carbocycles. The maximum absolute atomic E-state index is 4.64. The average molecular weight is 310 g/mol. The molecular formula is C19H26N4. The van der Waals surface area contributed by atoms with Crippen LogP contribution in [0.1, 0.15) is 48.9 Å². The average Bonchev–Trinajstić information content (AvgIpc) is 2.51. The molecule has 4 heteroatoms. The monoisotopic (exact) mass is 310 g/mol. The molecule has 0 atom stereocenters. The Labute approximate surface area is 138 Å². The maximum atomic E-state index is 4.64. The molecule has 0 amide bonds. The minimum absolute atomic E-state index is 0.549. The third kappa shape index (κ3) is 4.21. The predicted octanol–water partition coefficient (Wildman–Crippen LogP) is 4.89. The zero-order valence-corrected chi connectivity index (χ0v) is 14.3. The Balaban J connectivity index is 1.75. The summed E-state index contributed by atoms with van der Waals surface area (Å²) in [7, 11) is 0. The van der Waals surface area contributed by atoms with E-state index in [1.807, 2.05) is 13.0 Å². The second-order valence-electron chi connectivity index (χ2n) is 6.62. The zero-order chi connectivity index (χ0) is 16.2. The summed E-state index contributed by atoms with van der Waals surface area (Å²) in [5.41, 5.74) is 4.57. The Hall–Kier alpha value is -2.10. The summed E-state index contributed by atoms with van der Waals surface area (Å²) < 4.78 is 0. The molecule has 1 aliphatic rings. The van der Waals surface area contributed by atoms with Crippen molar-refractivity contribution in [3.63, 3.8) is 0 Å². The van der Waals surface area contributed by atoms with Crippen LogP contribution in [0.4, 0.5) is 17.5 Å². The second-order valence-corrected chi connectivity index (χ2v) is 6.62. The molecule has 2 N–H and O–H groups in total. The van der Waals surface area contributed by atoms with Gasteiger partial charge in [-0.05, 0) is 56.9 Å². The minimum Gasteiger partial charge on any atom is -0.367 e. The predicted molar refractivity (Wildman–Crippen MR) is 96.5 cm³/mol. The molecule has 2 aromatic rings. The van der Waals surface area contributed by atoms with Crippen LogP contribution in [0.15, 0.2) is 24.3 Å². The van der Waals surface area contributed by atoms with Gasteiger partial charge in [0.1, 0.15) is 5.82 Å². The van der Waals surface area contributed by atoms with Gasteiger partial charge in [0.25, 0.3) is 0 Å². The van der Waals surface area contributed by atoms with E-state index in [0.29, 0.717) is 12.0 Å². The molecule has 1 heterocycles. The summed E-state index contributed by atoms with van der Waals surface area (Å²) in [6.07, 6.45) is 6.47. The number of benzene rings is 1. The van der Waals surface area contributed by atoms with E-state index in [9.17, 15) is 0 Å². The van der Waals surface area contributed by atoms with Crippen LogP contribution in [-0.2, 0) is 0 Å². The lowest BCUT2D eigenvalue weighted by molar-refractivity contribution is 0.462. The molecule has 23 heavy (non-hydrogen) atoms. The fraction of sp³-hybridized carbons (Fsp3) is 0.474. The topological polar surface area (TPSA) is 49.8 Å². The first-order valence-corrected chi connectivity index (χ1v) is 8.56. The fourth-order valence-electron chi connectivity index (χ4n) is 3.10. The number of nitrogens with one attached hydrogen (secondary N) is 2. The van der Waals surface area contributed by atoms with Crippen molar-refractivity contribution in [1.82, 2.24) is 9.97 Å². The quantitative estimate of drug-likeness (QED) is 0.844. The van der Waals surface area contributed by atoms with Gasteiger partial charge in [0.15, 0.2) is 0 Å². The Morgan fingerprint density at radius 2 is 1.70 bits per heavy atom. The molecule has 0 radical (unpaired) electrons. The molecular weight excluding hydrogens is 284 g/mol. The van der Waals surface area contributed by atoms with Gasteiger partial charge in [0, 0.05) is 23.5 Å². The van der Waals surface area contributed by atoms with Gasteiger partial charge in [0.2, 0.25) is 5.95 Å². The van der Waals surface area contributed by atoms with Crippen molar-refractivity contribution in [2.24, 2.45) is 0 Å². The molecule has 1 aromatic heterocycles. The maximum Gasteiger partial charge on any atom is 0.229 e. The summed E-state index contributed by atoms with van der Waals surface area (Å²) in [6.45, 7) is 6.25. The Kier molecular flexibility index (Phi) is 4.79. The third-order valence-electron chi connectivity index (χ3n) is 4.57. The Bertz CT molecular complexity index is 675. The number of hydrogen-bond donors (Lipinski definition) is 2. The lowest BCUT2D eigenvalue weighted by Crippen LogP contribution is -2.23. The van der Waals surface area contributed by atoms with Crippen LogP contribution >= 0.6 is 0 Å². The lowest BCUT2D eigenvalue weighted by Gasteiger charge is -2.23. The molecule has 3 rings (SSSR count). The molecule has 0 unspecified atom stereocenters. The van der Waals surface area contributed by atoms with Gasteiger partial charge in [-0.25, -0.2) is 4.98 Å². The van der Waals surface area contributed by atoms with Crippen molar-refractivity contribution in [1.29, 1.82) is 0 Å². The smallest absolute Gasteiger partial charge is 0.229 e. The summed E-state index contributed by atoms with van der Waals surface area (Å²) in [5.74, 6) is 1.59. The number of anilines is 3. The van der Waals surface area contributed by atoms with Gasteiger partial charge >= 0.3 is 0 Å². The molecule has 0 spiro atoms. The molecule has 0 aliphatic heterocycles. The molecule has 4 nitrogen and oxygen atoms in total. The highest BCUT2D eigenvalue weighted by molar-refractivity contribution is 5.57. The van der Waals surface area contributed by atoms with Crippen LogP contribution in [0.5, 0.6) is 0 Å². The normalized spacial score (nSPS) is 15.4. The number of aromatic nitrogens is 2. The Morgan fingerprint density at radius 3 is 2.43 bits per heavy atom. The van der Waals surface area contributed by atoms with Crippen LogP contribution < -0.4 is 10.6 Å². The van der Waals surface area contributed by atoms with Crippen LogP contribution in [0, 0.1) is 20.8 Å². The third-order valence-corrected chi connectivity index (χ3v) is 4.57. The molecule has 0 saturated heterocycles. The SMILES string of the molecule is Cc1cc(NC2CCCCC2)nc(Nc2ccc(C)c(C)c2)n1. The van der Waals surface area contributed by atoms with Crippen molar-refractivity contribution in [3.05, 3.63) is 41.1 Å². The number of nitrogens with zero attached hydrogens (tertiary/aromatic N) is 2. The summed E-state index contributed by atoms with van der Waals surface area (Å²) in [5, 5.41) is 6.91. The number of hydrogen-bond acceptors (Lipinski definition) is 4. The van der Waals surface area contributed by atoms with Gasteiger partial charge in [-0.2, -0.15) is 4.98 Å². The standard InChI is InChI=1S/C19H26N4/c1-13-9-10-17(11-14(13)2)22-19-20-15(3)12-18(23-19)21-16-7-5-4-6-8-16/h9-12,16H,4-8H2,1-3H3,(H2,20,21,22,23). The first-order chi connectivity index (χ1) is 11.1. The summed E-state index contributed by atoms with van der Waals surface area (Å²) >= 11 is 0. The van der Waals surface area contributed by atoms with Crippen LogP contribution in [0.3, 0.4) is 0 Å². The van der Waals surface area contributed by atoms with E-state index in [1.54, 1.807) is 0 Å². The Morgan fingerprint density at radius 1 is 0.913 bits per heavy atom. The van der Waals surface area contributed by atoms with E-state index in [2.05, 4.69) is 52.6 Å². The van der Waals surface area contributed by atoms with Crippen LogP contribution in [0.25, 0.3) is 0 Å². The molecule has 1 fully saturated rings. The van der Waals surface area contributed by atoms with E-state index < -0.39 is 0 Å². The van der Waals surface area contributed by atoms with Crippen molar-refractivity contribution in [2.45, 2.75) is 58.9 Å². The summed E-state index contributed by atoms with van der Waals surface area (Å²) in [6, 6.07) is 8.90. The second kappa shape index (κ2) is 6.99. The molecule has 1 aliphatic carbocycles. The van der Waals surface area contributed by atoms with Crippen molar-refractivity contribution < 1.29 is 0 Å². The van der Waals surface area contributed by atoms with Gasteiger partial charge in [-0.1, -0.05) is 25.3 Å². The van der Waals surface area contributed by atoms with Gasteiger partial charge in [-0.15, -0.1) is 0 Å². The van der Waals surface area contributed by atoms with E-state index in [1.165, 1.54) is 43.2 Å². The highest BCUT2D eigenvalue weighted by Gasteiger charge is 2.14. The lowest BCUT2D eigenvalue weighted by atomic mass is 9.95. The van der Waals surface area contributed by atoms with E-state index in [0.717, 1.165) is 17.2 Å². The van der Waals surface area contributed by atoms with Crippen molar-refractivity contribution in [2.75, 3.05) is 10.6 Å². The molecule has 1 saturated carbocycles. The van der Waals surface area contributed by atoms with Crippen LogP contribution in [0.2, 0.25) is 0 Å². The van der Waals surface area contributed by atoms with Crippen molar-refractivity contribution in [3.8, 4) is 0 Å². The highest BCUT2D eigenvalue weighted by atomic mass is 15.1. The van der Waals surface area contributed by atoms with E-state index in [4.69, 9.17) is 0 Å².